The van der Waals surface area contributed by atoms with E-state index in [1.165, 1.54) is 40.2 Å². The Morgan fingerprint density at radius 2 is 0.536 bits per heavy atom. The van der Waals surface area contributed by atoms with Crippen LogP contribution in [0.15, 0.2) is 182 Å². The Hall–Kier alpha value is -1.21. The van der Waals surface area contributed by atoms with Crippen molar-refractivity contribution in [3.8, 4) is 28.7 Å². The molecule has 10 rings (SSSR count). The second-order valence-electron chi connectivity index (χ2n) is 32.1. The molecule has 0 spiro atoms. The summed E-state index contributed by atoms with van der Waals surface area (Å²) in [6.45, 7) is 34.9. The number of benzene rings is 10. The van der Waals surface area contributed by atoms with E-state index < -0.39 is 120 Å². The molecule has 0 bridgehead atoms. The molecule has 10 aromatic carbocycles. The summed E-state index contributed by atoms with van der Waals surface area (Å²) in [7, 11) is 57.2. The molecule has 680 valence electrons. The quantitative estimate of drug-likeness (QED) is 0.0471. The van der Waals surface area contributed by atoms with Crippen LogP contribution in [-0.4, -0.2) is 53.7 Å². The van der Waals surface area contributed by atoms with Crippen molar-refractivity contribution in [1.82, 2.24) is 0 Å². The minimum absolute atomic E-state index is 0.0812. The second kappa shape index (κ2) is 58.3. The van der Waals surface area contributed by atoms with Crippen LogP contribution in [0.1, 0.15) is 155 Å². The summed E-state index contributed by atoms with van der Waals surface area (Å²) in [6.07, 6.45) is -13.2. The van der Waals surface area contributed by atoms with E-state index in [0.717, 1.165) is 62.2 Å². The number of rotatable bonds is 12. The fraction of sp³-hybridized carbons (Fsp3) is 0.326. The van der Waals surface area contributed by atoms with Crippen molar-refractivity contribution in [2.45, 2.75) is 165 Å². The maximum atomic E-state index is 13.5. The summed E-state index contributed by atoms with van der Waals surface area (Å²) < 4.78 is 120. The van der Waals surface area contributed by atoms with Crippen LogP contribution >= 0.6 is 136 Å². The molecule has 0 aliphatic heterocycles. The van der Waals surface area contributed by atoms with Gasteiger partial charge in [-0.15, -0.1) is 0 Å². The fourth-order valence-corrected chi connectivity index (χ4v) is 18.7. The van der Waals surface area contributed by atoms with Crippen LogP contribution < -0.4 is 62.8 Å². The number of anilines is 2. The standard InChI is InChI=1S/C22H28F3OP.2C19H22F3OP.C15H18NOP.C14H16NOP.10ClH.5Ti/c1-13-9-8-10-15(22(23,24)25)19(13)27-17-12-14(20(2,3)4)11-16(18(17)26)21(5,6)7;1-11-9-14(18(3,4)5)16(23)15(10-11)24-17-12(2)7-6-8-13(17)19(20,21)22;1-11-7-6-8-14(19(20,21)22)17(11)24-15-10-13(18(3,4)5)9-12(2)16(15)23;1-11-7-6-10-14(15(11)17)18-13-9-5-4-8-12(13)16(2)3;1-15(2)11-7-3-5-9-13(11)17-14-10-6-4-8-12(14)16;;;;;;;;;;;;;;;/h8-12,26-27H,1-7H3;2*6-10,23-24H,1-5H3;4-10,17-18H,1-3H3;3-10,16-17H,1-2H3;10*1H;;;;;/q;;;;;;;;;;;;;;;5*+2/p-10. The Morgan fingerprint density at radius 3 is 0.864 bits per heavy atom. The zero-order valence-corrected chi connectivity index (χ0v) is 93.5. The van der Waals surface area contributed by atoms with Crippen LogP contribution in [0.25, 0.3) is 0 Å². The molecule has 0 saturated heterocycles. The monoisotopic (exact) mass is 2200 g/mol. The van der Waals surface area contributed by atoms with Gasteiger partial charge >= 0.3 is 197 Å². The van der Waals surface area contributed by atoms with Gasteiger partial charge in [-0.2, -0.15) is 39.5 Å². The summed E-state index contributed by atoms with van der Waals surface area (Å²) in [5, 5.41) is 58.6. The number of phenols is 5. The van der Waals surface area contributed by atoms with Crippen LogP contribution in [0.3, 0.4) is 0 Å². The molecule has 0 radical (unpaired) electrons. The van der Waals surface area contributed by atoms with Gasteiger partial charge in [0.15, 0.2) is 0 Å². The topological polar surface area (TPSA) is 108 Å². The molecule has 36 heteroatoms. The van der Waals surface area contributed by atoms with Gasteiger partial charge in [-0.1, -0.05) is 253 Å². The SMILES string of the molecule is CN(C)c1ccccc1Pc1ccccc1O.Cc1cc(C(C)(C)C)cc(Pc2c(C)cccc2C(F)(F)F)c1O.Cc1cc(Pc2c(C)cccc2C(F)(F)F)c(O)c(C(C)(C)C)c1.Cc1cccc(C(F)(F)F)c1Pc1cc(C(C)(C)C)cc(C(C)(C)C)c1O.Cc1cccc(Pc2ccccc2N(C)C)c1O.[Cl][Ti][Cl].[Cl][Ti][Cl].[Cl][Ti][Cl].[Cl][Ti][Cl].[Cl][Ti][Cl]. The van der Waals surface area contributed by atoms with Gasteiger partial charge in [0.05, 0.1) is 16.7 Å². The van der Waals surface area contributed by atoms with E-state index in [-0.39, 0.29) is 80.6 Å². The molecule has 0 aliphatic carbocycles. The summed E-state index contributed by atoms with van der Waals surface area (Å²) in [5.74, 6) is 1.08. The maximum absolute atomic E-state index is 13.5. The first kappa shape index (κ1) is 122. The van der Waals surface area contributed by atoms with Crippen LogP contribution in [-0.2, 0) is 125 Å². The van der Waals surface area contributed by atoms with E-state index in [4.69, 9.17) is 93.0 Å². The fourth-order valence-electron chi connectivity index (χ4n) is 11.7. The van der Waals surface area contributed by atoms with Crippen molar-refractivity contribution in [1.29, 1.82) is 0 Å². The van der Waals surface area contributed by atoms with E-state index in [0.29, 0.717) is 66.8 Å². The average molecular weight is 2200 g/mol. The second-order valence-corrected chi connectivity index (χ2v) is 51.5. The molecule has 10 aromatic rings. The van der Waals surface area contributed by atoms with Crippen molar-refractivity contribution < 1.29 is 150 Å². The predicted octanol–water partition coefficient (Wildman–Crippen LogP) is 27.2. The molecule has 0 fully saturated rings. The number of para-hydroxylation sites is 4. The molecule has 0 aliphatic rings. The van der Waals surface area contributed by atoms with Crippen molar-refractivity contribution in [3.63, 3.8) is 0 Å². The number of halogens is 19. The summed E-state index contributed by atoms with van der Waals surface area (Å²) in [6, 6.07) is 53.9. The zero-order chi connectivity index (χ0) is 96.3. The number of nitrogens with zero attached hydrogens (tertiary/aromatic N) is 2. The predicted molar refractivity (Wildman–Crippen MR) is 516 cm³/mol. The molecule has 5 atom stereocenters. The third-order valence-corrected chi connectivity index (χ3v) is 25.4. The molecule has 5 unspecified atom stereocenters. The third-order valence-electron chi connectivity index (χ3n) is 18.0. The van der Waals surface area contributed by atoms with Crippen LogP contribution in [0.5, 0.6) is 28.7 Å². The molecule has 0 aromatic heterocycles. The first-order valence-electron chi connectivity index (χ1n) is 37.6. The molecule has 5 N–H and O–H groups in total. The van der Waals surface area contributed by atoms with Crippen LogP contribution in [0, 0.1) is 41.5 Å². The van der Waals surface area contributed by atoms with Gasteiger partial charge in [0.1, 0.15) is 28.7 Å². The van der Waals surface area contributed by atoms with Crippen LogP contribution in [0.4, 0.5) is 50.9 Å². The first-order chi connectivity index (χ1) is 57.8. The Bertz CT molecular complexity index is 4920. The van der Waals surface area contributed by atoms with Crippen molar-refractivity contribution in [3.05, 3.63) is 254 Å². The van der Waals surface area contributed by atoms with Gasteiger partial charge in [-0.05, 0) is 178 Å². The summed E-state index contributed by atoms with van der Waals surface area (Å²) in [4.78, 5) is 4.21. The van der Waals surface area contributed by atoms with E-state index in [1.807, 2.05) is 195 Å². The van der Waals surface area contributed by atoms with E-state index in [1.54, 1.807) is 58.0 Å². The molecule has 0 heterocycles. The van der Waals surface area contributed by atoms with Gasteiger partial charge in [-0.25, -0.2) is 0 Å². The summed E-state index contributed by atoms with van der Waals surface area (Å²) >= 11 is -2.78. The Labute approximate surface area is 826 Å². The Morgan fingerprint density at radius 1 is 0.264 bits per heavy atom. The van der Waals surface area contributed by atoms with Crippen molar-refractivity contribution in [2.75, 3.05) is 38.0 Å². The van der Waals surface area contributed by atoms with Gasteiger partial charge in [0.25, 0.3) is 0 Å². The van der Waals surface area contributed by atoms with E-state index in [2.05, 4.69) is 54.8 Å². The van der Waals surface area contributed by atoms with Crippen molar-refractivity contribution >= 4 is 200 Å². The Balaban J connectivity index is 0.000000754. The van der Waals surface area contributed by atoms with E-state index >= 15 is 0 Å². The Kier molecular flexibility index (Phi) is 56.8. The number of alkyl halides is 9. The summed E-state index contributed by atoms with van der Waals surface area (Å²) in [5.41, 5.74) is 7.45. The molecule has 7 nitrogen and oxygen atoms in total. The number of hydrogen-bond donors (Lipinski definition) is 5. The minimum atomic E-state index is -4.42. The van der Waals surface area contributed by atoms with Crippen molar-refractivity contribution in [2.24, 2.45) is 0 Å². The number of phenolic OH excluding ortho intramolecular Hbond substituents is 5. The van der Waals surface area contributed by atoms with Gasteiger partial charge in [0, 0.05) is 87.8 Å². The zero-order valence-electron chi connectivity index (χ0n) is 73.1. The van der Waals surface area contributed by atoms with Gasteiger partial charge in [-0.3, -0.25) is 0 Å². The number of hydrogen-bond acceptors (Lipinski definition) is 7. The van der Waals surface area contributed by atoms with Gasteiger partial charge in [0.2, 0.25) is 0 Å². The normalized spacial score (nSPS) is 11.6. The van der Waals surface area contributed by atoms with Gasteiger partial charge < -0.3 is 35.3 Å². The molecule has 0 amide bonds. The first-order valence-corrected chi connectivity index (χ1v) is 64.1. The van der Waals surface area contributed by atoms with Crippen LogP contribution in [0.2, 0.25) is 0 Å². The number of aromatic hydroxyl groups is 5. The molecular weight excluding hydrogens is 2100 g/mol. The molecule has 125 heavy (non-hydrogen) atoms. The third kappa shape index (κ3) is 42.3. The van der Waals surface area contributed by atoms with E-state index in [9.17, 15) is 65.0 Å². The average Bonchev–Trinajstić information content (AvgIpc) is 0.771. The number of aryl methyl sites for hydroxylation is 6. The molecule has 0 saturated carbocycles. The molecular formula is C89H106Cl10F9N2O5P5Ti5.